The lowest BCUT2D eigenvalue weighted by Crippen LogP contribution is -2.27. The molecule has 4 heteroatoms. The van der Waals surface area contributed by atoms with Gasteiger partial charge in [0.1, 0.15) is 0 Å². The summed E-state index contributed by atoms with van der Waals surface area (Å²) in [6.07, 6.45) is 1.87. The minimum Gasteiger partial charge on any atom is -0.389 e. The molecule has 1 aromatic heterocycles. The molecule has 0 saturated heterocycles. The first kappa shape index (κ1) is 17.8. The molecule has 0 bridgehead atoms. The van der Waals surface area contributed by atoms with E-state index in [1.807, 2.05) is 28.8 Å². The summed E-state index contributed by atoms with van der Waals surface area (Å²) in [5.41, 5.74) is 6.41. The van der Waals surface area contributed by atoms with Crippen LogP contribution in [0.1, 0.15) is 40.0 Å². The van der Waals surface area contributed by atoms with Crippen molar-refractivity contribution in [1.82, 2.24) is 4.57 Å². The zero-order chi connectivity index (χ0) is 19.0. The van der Waals surface area contributed by atoms with Crippen LogP contribution in [0.5, 0.6) is 0 Å². The third kappa shape index (κ3) is 3.50. The van der Waals surface area contributed by atoms with E-state index in [2.05, 4.69) is 37.4 Å². The van der Waals surface area contributed by atoms with Gasteiger partial charge in [0.2, 0.25) is 0 Å². The molecule has 1 aliphatic carbocycles. The largest absolute Gasteiger partial charge is 0.389 e. The van der Waals surface area contributed by atoms with Crippen LogP contribution in [0, 0.1) is 13.8 Å². The number of nitrogens with one attached hydrogen (secondary N) is 1. The fourth-order valence-electron chi connectivity index (χ4n) is 4.03. The Hall–Kier alpha value is -2.59. The maximum atomic E-state index is 12.6. The number of carbonyl (C=O) groups is 1. The maximum absolute atomic E-state index is 12.6. The van der Waals surface area contributed by atoms with Crippen molar-refractivity contribution in [2.75, 3.05) is 11.9 Å². The number of aliphatic hydroxyl groups excluding tert-OH is 1. The van der Waals surface area contributed by atoms with Gasteiger partial charge >= 0.3 is 0 Å². The molecule has 4 nitrogen and oxygen atoms in total. The number of fused-ring (bicyclic) bond motifs is 3. The highest BCUT2D eigenvalue weighted by molar-refractivity contribution is 6.04. The summed E-state index contributed by atoms with van der Waals surface area (Å²) in [5.74, 6) is 0.198. The zero-order valence-corrected chi connectivity index (χ0v) is 16.0. The van der Waals surface area contributed by atoms with Crippen molar-refractivity contribution in [2.24, 2.45) is 0 Å². The number of hydrogen-bond acceptors (Lipinski definition) is 3. The Labute approximate surface area is 159 Å². The Bertz CT molecular complexity index is 986. The first-order chi connectivity index (χ1) is 13.0. The Morgan fingerprint density at radius 1 is 1.07 bits per heavy atom. The molecule has 0 radical (unpaired) electrons. The summed E-state index contributed by atoms with van der Waals surface area (Å²) in [7, 11) is 0. The fourth-order valence-corrected chi connectivity index (χ4v) is 4.03. The number of anilines is 1. The normalized spacial score (nSPS) is 15.0. The second-order valence-corrected chi connectivity index (χ2v) is 7.64. The summed E-state index contributed by atoms with van der Waals surface area (Å²) >= 11 is 0. The van der Waals surface area contributed by atoms with Crippen LogP contribution in [0.3, 0.4) is 0 Å². The summed E-state index contributed by atoms with van der Waals surface area (Å²) in [4.78, 5) is 12.6. The predicted octanol–water partition coefficient (Wildman–Crippen LogP) is 4.25. The van der Waals surface area contributed by atoms with Gasteiger partial charge in [0.15, 0.2) is 5.78 Å². The van der Waals surface area contributed by atoms with Crippen molar-refractivity contribution in [2.45, 2.75) is 45.8 Å². The number of rotatable bonds is 5. The van der Waals surface area contributed by atoms with E-state index in [9.17, 15) is 9.90 Å². The number of nitrogens with zero attached hydrogens (tertiary/aromatic N) is 1. The number of hydrogen-bond donors (Lipinski definition) is 2. The van der Waals surface area contributed by atoms with Gasteiger partial charge in [-0.3, -0.25) is 4.79 Å². The van der Waals surface area contributed by atoms with E-state index < -0.39 is 6.10 Å². The molecule has 0 amide bonds. The average molecular weight is 362 g/mol. The van der Waals surface area contributed by atoms with Gasteiger partial charge in [0.25, 0.3) is 0 Å². The summed E-state index contributed by atoms with van der Waals surface area (Å²) < 4.78 is 2.03. The van der Waals surface area contributed by atoms with E-state index in [1.54, 1.807) is 0 Å². The molecule has 1 atom stereocenters. The van der Waals surface area contributed by atoms with Crippen LogP contribution in [0.15, 0.2) is 42.5 Å². The molecule has 0 fully saturated rings. The van der Waals surface area contributed by atoms with E-state index in [0.717, 1.165) is 40.7 Å². The minimum atomic E-state index is -0.581. The maximum Gasteiger partial charge on any atom is 0.179 e. The molecule has 0 aliphatic heterocycles. The van der Waals surface area contributed by atoms with Gasteiger partial charge in [0.05, 0.1) is 18.3 Å². The minimum absolute atomic E-state index is 0.198. The SMILES string of the molecule is Cc1ccc(NC[C@@H](O)Cn2c3c(c4cc(C)ccc42)CCCC3=O)cc1. The molecule has 0 unspecified atom stereocenters. The van der Waals surface area contributed by atoms with Crippen molar-refractivity contribution in [3.63, 3.8) is 0 Å². The van der Waals surface area contributed by atoms with Gasteiger partial charge in [-0.1, -0.05) is 29.3 Å². The van der Waals surface area contributed by atoms with Crippen LogP contribution in [0.4, 0.5) is 5.69 Å². The lowest BCUT2D eigenvalue weighted by molar-refractivity contribution is 0.0958. The van der Waals surface area contributed by atoms with Crippen LogP contribution >= 0.6 is 0 Å². The topological polar surface area (TPSA) is 54.3 Å². The number of carbonyl (C=O) groups excluding carboxylic acids is 1. The first-order valence-corrected chi connectivity index (χ1v) is 9.66. The van der Waals surface area contributed by atoms with E-state index in [1.165, 1.54) is 11.1 Å². The molecule has 140 valence electrons. The molecule has 4 rings (SSSR count). The van der Waals surface area contributed by atoms with Crippen molar-refractivity contribution in [1.29, 1.82) is 0 Å². The zero-order valence-electron chi connectivity index (χ0n) is 16.0. The lowest BCUT2D eigenvalue weighted by Gasteiger charge is -2.18. The molecule has 1 heterocycles. The number of aliphatic hydroxyl groups is 1. The van der Waals surface area contributed by atoms with Crippen LogP contribution in [0.25, 0.3) is 10.9 Å². The van der Waals surface area contributed by atoms with Gasteiger partial charge in [-0.25, -0.2) is 0 Å². The lowest BCUT2D eigenvalue weighted by atomic mass is 9.94. The molecule has 0 saturated carbocycles. The highest BCUT2D eigenvalue weighted by atomic mass is 16.3. The van der Waals surface area contributed by atoms with Crippen molar-refractivity contribution >= 4 is 22.4 Å². The Morgan fingerprint density at radius 3 is 2.59 bits per heavy atom. The van der Waals surface area contributed by atoms with E-state index >= 15 is 0 Å². The molecule has 2 N–H and O–H groups in total. The highest BCUT2D eigenvalue weighted by Gasteiger charge is 2.26. The summed E-state index contributed by atoms with van der Waals surface area (Å²) in [5, 5.41) is 15.1. The van der Waals surface area contributed by atoms with E-state index in [4.69, 9.17) is 0 Å². The predicted molar refractivity (Wildman–Crippen MR) is 110 cm³/mol. The molecule has 3 aromatic rings. The molecular formula is C23H26N2O2. The molecule has 0 spiro atoms. The third-order valence-corrected chi connectivity index (χ3v) is 5.41. The van der Waals surface area contributed by atoms with Gasteiger partial charge in [0, 0.05) is 29.6 Å². The van der Waals surface area contributed by atoms with E-state index in [0.29, 0.717) is 19.5 Å². The van der Waals surface area contributed by atoms with Gasteiger partial charge < -0.3 is 15.0 Å². The Kier molecular flexibility index (Phi) is 4.75. The van der Waals surface area contributed by atoms with Gasteiger partial charge in [-0.2, -0.15) is 0 Å². The first-order valence-electron chi connectivity index (χ1n) is 9.66. The van der Waals surface area contributed by atoms with Crippen LogP contribution in [-0.2, 0) is 13.0 Å². The van der Waals surface area contributed by atoms with Crippen molar-refractivity contribution in [3.8, 4) is 0 Å². The second-order valence-electron chi connectivity index (χ2n) is 7.64. The Morgan fingerprint density at radius 2 is 1.81 bits per heavy atom. The standard InChI is InChI=1S/C23H26N2O2/c1-15-6-9-17(10-7-15)24-13-18(26)14-25-21-11-8-16(2)12-20(21)19-4-3-5-22(27)23(19)25/h6-12,18,24,26H,3-5,13-14H2,1-2H3/t18-/m1/s1. The average Bonchev–Trinajstić information content (AvgIpc) is 2.95. The second kappa shape index (κ2) is 7.20. The van der Waals surface area contributed by atoms with E-state index in [-0.39, 0.29) is 5.78 Å². The summed E-state index contributed by atoms with van der Waals surface area (Å²) in [6, 6.07) is 14.4. The number of Topliss-reactive ketones (excluding diaryl/α,β-unsaturated/α-hetero) is 1. The van der Waals surface area contributed by atoms with Crippen LogP contribution in [0.2, 0.25) is 0 Å². The van der Waals surface area contributed by atoms with Gasteiger partial charge in [-0.05, 0) is 56.5 Å². The van der Waals surface area contributed by atoms with Crippen molar-refractivity contribution < 1.29 is 9.90 Å². The quantitative estimate of drug-likeness (QED) is 0.713. The molecular weight excluding hydrogens is 336 g/mol. The summed E-state index contributed by atoms with van der Waals surface area (Å²) in [6.45, 7) is 4.99. The van der Waals surface area contributed by atoms with Crippen LogP contribution < -0.4 is 5.32 Å². The molecule has 2 aromatic carbocycles. The molecule has 1 aliphatic rings. The van der Waals surface area contributed by atoms with Gasteiger partial charge in [-0.15, -0.1) is 0 Å². The van der Waals surface area contributed by atoms with Crippen molar-refractivity contribution in [3.05, 3.63) is 64.8 Å². The highest BCUT2D eigenvalue weighted by Crippen LogP contribution is 2.33. The number of aryl methyl sites for hydroxylation is 3. The number of benzene rings is 2. The number of ketones is 1. The van der Waals surface area contributed by atoms with Crippen LogP contribution in [-0.4, -0.2) is 28.1 Å². The number of aromatic nitrogens is 1. The smallest absolute Gasteiger partial charge is 0.179 e. The fraction of sp³-hybridized carbons (Fsp3) is 0.348. The molecule has 27 heavy (non-hydrogen) atoms. The third-order valence-electron chi connectivity index (χ3n) is 5.41. The Balaban J connectivity index is 1.60. The monoisotopic (exact) mass is 362 g/mol.